The van der Waals surface area contributed by atoms with E-state index in [1.165, 1.54) is 32.1 Å². The summed E-state index contributed by atoms with van der Waals surface area (Å²) < 4.78 is 0. The van der Waals surface area contributed by atoms with Gasteiger partial charge in [-0.05, 0) is 45.7 Å². The maximum absolute atomic E-state index is 8.88. The fourth-order valence-electron chi connectivity index (χ4n) is 2.75. The van der Waals surface area contributed by atoms with Crippen molar-refractivity contribution in [3.63, 3.8) is 0 Å². The van der Waals surface area contributed by atoms with Gasteiger partial charge < -0.3 is 10.6 Å². The molecule has 2 N–H and O–H groups in total. The molecule has 0 aromatic carbocycles. The van der Waals surface area contributed by atoms with E-state index >= 15 is 0 Å². The van der Waals surface area contributed by atoms with Gasteiger partial charge in [0.1, 0.15) is 5.54 Å². The van der Waals surface area contributed by atoms with Crippen molar-refractivity contribution in [3.8, 4) is 6.07 Å². The Labute approximate surface area is 106 Å². The summed E-state index contributed by atoms with van der Waals surface area (Å²) in [5.74, 6) is 0. The fourth-order valence-corrected chi connectivity index (χ4v) is 2.75. The highest BCUT2D eigenvalue weighted by atomic mass is 15.1. The third-order valence-corrected chi connectivity index (χ3v) is 3.89. The van der Waals surface area contributed by atoms with Crippen molar-refractivity contribution >= 4 is 0 Å². The second kappa shape index (κ2) is 6.98. The van der Waals surface area contributed by atoms with Crippen LogP contribution >= 0.6 is 0 Å². The summed E-state index contributed by atoms with van der Waals surface area (Å²) in [6, 6.07) is 2.95. The monoisotopic (exact) mass is 237 g/mol. The first-order chi connectivity index (χ1) is 8.09. The molecule has 0 bridgehead atoms. The molecule has 3 nitrogen and oxygen atoms in total. The largest absolute Gasteiger partial charge is 0.314 e. The third kappa shape index (κ3) is 5.06. The summed E-state index contributed by atoms with van der Waals surface area (Å²) in [6.45, 7) is 6.28. The number of nitrogens with zero attached hydrogens (tertiary/aromatic N) is 2. The molecule has 98 valence electrons. The molecule has 0 saturated heterocycles. The Kier molecular flexibility index (Phi) is 5.94. The number of nitrogens with two attached hydrogens (primary N) is 1. The molecule has 17 heavy (non-hydrogen) atoms. The molecule has 0 aliphatic heterocycles. The van der Waals surface area contributed by atoms with Crippen LogP contribution in [0.4, 0.5) is 0 Å². The Morgan fingerprint density at radius 3 is 2.53 bits per heavy atom. The van der Waals surface area contributed by atoms with E-state index in [2.05, 4.69) is 17.9 Å². The van der Waals surface area contributed by atoms with Crippen LogP contribution in [-0.4, -0.2) is 29.6 Å². The summed E-state index contributed by atoms with van der Waals surface area (Å²) >= 11 is 0. The number of hydrogen-bond donors (Lipinski definition) is 1. The van der Waals surface area contributed by atoms with Gasteiger partial charge in [-0.2, -0.15) is 5.26 Å². The van der Waals surface area contributed by atoms with Crippen LogP contribution in [0.25, 0.3) is 0 Å². The van der Waals surface area contributed by atoms with Crippen molar-refractivity contribution < 1.29 is 0 Å². The minimum absolute atomic E-state index is 0.647. The van der Waals surface area contributed by atoms with E-state index in [9.17, 15) is 0 Å². The van der Waals surface area contributed by atoms with E-state index < -0.39 is 5.54 Å². The molecule has 1 saturated carbocycles. The molecule has 0 heterocycles. The molecule has 0 amide bonds. The Hall–Kier alpha value is -0.590. The average Bonchev–Trinajstić information content (AvgIpc) is 2.36. The molecule has 1 aliphatic carbocycles. The second-order valence-corrected chi connectivity index (χ2v) is 5.55. The topological polar surface area (TPSA) is 53.0 Å². The quantitative estimate of drug-likeness (QED) is 0.772. The minimum atomic E-state index is -0.647. The van der Waals surface area contributed by atoms with Crippen LogP contribution in [0.3, 0.4) is 0 Å². The molecule has 0 radical (unpaired) electrons. The van der Waals surface area contributed by atoms with Crippen molar-refractivity contribution in [2.24, 2.45) is 5.73 Å². The first kappa shape index (κ1) is 14.5. The van der Waals surface area contributed by atoms with Gasteiger partial charge in [-0.15, -0.1) is 0 Å². The molecule has 0 spiro atoms. The van der Waals surface area contributed by atoms with Crippen LogP contribution in [0, 0.1) is 11.3 Å². The predicted octanol–water partition coefficient (Wildman–Crippen LogP) is 2.66. The molecule has 1 unspecified atom stereocenters. The van der Waals surface area contributed by atoms with Crippen molar-refractivity contribution in [2.75, 3.05) is 13.1 Å². The van der Waals surface area contributed by atoms with Gasteiger partial charge in [-0.1, -0.05) is 26.2 Å². The first-order valence-electron chi connectivity index (χ1n) is 7.03. The highest BCUT2D eigenvalue weighted by molar-refractivity contribution is 5.00. The SMILES string of the molecule is CCN(CCCC(C)(N)C#N)C1CCCCC1. The third-order valence-electron chi connectivity index (χ3n) is 3.89. The van der Waals surface area contributed by atoms with Crippen molar-refractivity contribution in [1.82, 2.24) is 4.90 Å². The summed E-state index contributed by atoms with van der Waals surface area (Å²) in [7, 11) is 0. The predicted molar refractivity (Wildman–Crippen MR) is 71.6 cm³/mol. The smallest absolute Gasteiger partial charge is 0.101 e. The zero-order valence-electron chi connectivity index (χ0n) is 11.4. The van der Waals surface area contributed by atoms with E-state index in [1.54, 1.807) is 0 Å². The maximum atomic E-state index is 8.88. The summed E-state index contributed by atoms with van der Waals surface area (Å²) in [6.07, 6.45) is 8.71. The Balaban J connectivity index is 2.29. The van der Waals surface area contributed by atoms with Crippen LogP contribution in [0.2, 0.25) is 0 Å². The summed E-state index contributed by atoms with van der Waals surface area (Å²) in [4.78, 5) is 2.58. The maximum Gasteiger partial charge on any atom is 0.101 e. The summed E-state index contributed by atoms with van der Waals surface area (Å²) in [5, 5.41) is 8.88. The number of nitriles is 1. The van der Waals surface area contributed by atoms with E-state index in [-0.39, 0.29) is 0 Å². The normalized spacial score (nSPS) is 21.1. The van der Waals surface area contributed by atoms with Crippen LogP contribution in [0.1, 0.15) is 58.8 Å². The highest BCUT2D eigenvalue weighted by Gasteiger charge is 2.21. The van der Waals surface area contributed by atoms with E-state index in [1.807, 2.05) is 6.92 Å². The van der Waals surface area contributed by atoms with Crippen LogP contribution < -0.4 is 5.73 Å². The van der Waals surface area contributed by atoms with Crippen molar-refractivity contribution in [2.45, 2.75) is 70.4 Å². The molecular formula is C14H27N3. The first-order valence-corrected chi connectivity index (χ1v) is 7.03. The van der Waals surface area contributed by atoms with Gasteiger partial charge in [0.2, 0.25) is 0 Å². The van der Waals surface area contributed by atoms with E-state index in [0.29, 0.717) is 0 Å². The van der Waals surface area contributed by atoms with E-state index in [4.69, 9.17) is 11.0 Å². The standard InChI is InChI=1S/C14H27N3/c1-3-17(13-8-5-4-6-9-13)11-7-10-14(2,16)12-15/h13H,3-11,16H2,1-2H3. The fraction of sp³-hybridized carbons (Fsp3) is 0.929. The molecule has 0 aromatic rings. The highest BCUT2D eigenvalue weighted by Crippen LogP contribution is 2.23. The lowest BCUT2D eigenvalue weighted by Crippen LogP contribution is -2.39. The van der Waals surface area contributed by atoms with Gasteiger partial charge in [-0.25, -0.2) is 0 Å². The van der Waals surface area contributed by atoms with Crippen molar-refractivity contribution in [1.29, 1.82) is 5.26 Å². The summed E-state index contributed by atoms with van der Waals surface area (Å²) in [5.41, 5.74) is 5.20. The zero-order valence-corrected chi connectivity index (χ0v) is 11.4. The molecular weight excluding hydrogens is 210 g/mol. The molecule has 1 aliphatic rings. The van der Waals surface area contributed by atoms with E-state index in [0.717, 1.165) is 32.0 Å². The van der Waals surface area contributed by atoms with Gasteiger partial charge >= 0.3 is 0 Å². The van der Waals surface area contributed by atoms with Crippen LogP contribution in [-0.2, 0) is 0 Å². The van der Waals surface area contributed by atoms with Gasteiger partial charge in [-0.3, -0.25) is 0 Å². The number of rotatable bonds is 6. The van der Waals surface area contributed by atoms with Crippen LogP contribution in [0.5, 0.6) is 0 Å². The molecule has 1 rings (SSSR count). The van der Waals surface area contributed by atoms with Gasteiger partial charge in [0.05, 0.1) is 6.07 Å². The van der Waals surface area contributed by atoms with Gasteiger partial charge in [0.25, 0.3) is 0 Å². The van der Waals surface area contributed by atoms with Crippen molar-refractivity contribution in [3.05, 3.63) is 0 Å². The van der Waals surface area contributed by atoms with Gasteiger partial charge in [0.15, 0.2) is 0 Å². The molecule has 1 fully saturated rings. The zero-order chi connectivity index (χ0) is 12.7. The Morgan fingerprint density at radius 2 is 2.00 bits per heavy atom. The Bertz CT molecular complexity index is 249. The number of hydrogen-bond acceptors (Lipinski definition) is 3. The van der Waals surface area contributed by atoms with Crippen LogP contribution in [0.15, 0.2) is 0 Å². The van der Waals surface area contributed by atoms with Gasteiger partial charge in [0, 0.05) is 6.04 Å². The minimum Gasteiger partial charge on any atom is -0.314 e. The lowest BCUT2D eigenvalue weighted by Gasteiger charge is -2.34. The average molecular weight is 237 g/mol. The molecule has 1 atom stereocenters. The molecule has 0 aromatic heterocycles. The second-order valence-electron chi connectivity index (χ2n) is 5.55. The Morgan fingerprint density at radius 1 is 1.35 bits per heavy atom. The molecule has 3 heteroatoms. The lowest BCUT2D eigenvalue weighted by atomic mass is 9.93. The lowest BCUT2D eigenvalue weighted by molar-refractivity contribution is 0.159.